The van der Waals surface area contributed by atoms with Crippen molar-refractivity contribution in [1.82, 2.24) is 5.32 Å². The van der Waals surface area contributed by atoms with Gasteiger partial charge in [0.2, 0.25) is 15.9 Å². The molecule has 126 valence electrons. The zero-order chi connectivity index (χ0) is 16.6. The predicted molar refractivity (Wildman–Crippen MR) is 93.7 cm³/mol. The number of para-hydroxylation sites is 1. The number of hydrogen-bond acceptors (Lipinski definition) is 3. The number of carbonyl (C=O) groups is 1. The second kappa shape index (κ2) is 6.43. The van der Waals surface area contributed by atoms with Gasteiger partial charge in [0.1, 0.15) is 6.54 Å². The first-order chi connectivity index (χ1) is 10.8. The van der Waals surface area contributed by atoms with Gasteiger partial charge >= 0.3 is 0 Å². The van der Waals surface area contributed by atoms with Gasteiger partial charge < -0.3 is 5.32 Å². The number of benzene rings is 1. The van der Waals surface area contributed by atoms with Crippen LogP contribution >= 0.6 is 15.9 Å². The monoisotopic (exact) mass is 400 g/mol. The minimum Gasteiger partial charge on any atom is -0.352 e. The molecule has 0 unspecified atom stereocenters. The predicted octanol–water partition coefficient (Wildman–Crippen LogP) is 2.52. The highest BCUT2D eigenvalue weighted by molar-refractivity contribution is 9.10. The van der Waals surface area contributed by atoms with Gasteiger partial charge in [0.05, 0.1) is 11.9 Å². The van der Waals surface area contributed by atoms with E-state index in [4.69, 9.17) is 0 Å². The highest BCUT2D eigenvalue weighted by atomic mass is 79.9. The molecule has 0 aromatic heterocycles. The van der Waals surface area contributed by atoms with E-state index in [-0.39, 0.29) is 18.5 Å². The number of fused-ring (bicyclic) bond motifs is 2. The number of hydrogen-bond donors (Lipinski definition) is 1. The molecule has 7 heteroatoms. The molecular formula is C16H21BrN2O3S. The summed E-state index contributed by atoms with van der Waals surface area (Å²) < 4.78 is 26.0. The minimum absolute atomic E-state index is 0.185. The van der Waals surface area contributed by atoms with Crippen molar-refractivity contribution in [3.63, 3.8) is 0 Å². The molecule has 2 fully saturated rings. The molecule has 1 aromatic rings. The van der Waals surface area contributed by atoms with Gasteiger partial charge in [-0.15, -0.1) is 0 Å². The van der Waals surface area contributed by atoms with Gasteiger partial charge in [-0.2, -0.15) is 0 Å². The number of nitrogens with zero attached hydrogens (tertiary/aromatic N) is 1. The van der Waals surface area contributed by atoms with Crippen LogP contribution < -0.4 is 9.62 Å². The smallest absolute Gasteiger partial charge is 0.241 e. The molecule has 0 heterocycles. The van der Waals surface area contributed by atoms with Crippen LogP contribution in [0, 0.1) is 11.8 Å². The lowest BCUT2D eigenvalue weighted by Gasteiger charge is -2.26. The third-order valence-corrected chi connectivity index (χ3v) is 6.69. The van der Waals surface area contributed by atoms with Gasteiger partial charge in [-0.3, -0.25) is 9.10 Å². The van der Waals surface area contributed by atoms with Crippen LogP contribution in [-0.4, -0.2) is 33.2 Å². The summed E-state index contributed by atoms with van der Waals surface area (Å²) >= 11 is 3.36. The number of nitrogens with one attached hydrogen (secondary N) is 1. The van der Waals surface area contributed by atoms with Gasteiger partial charge in [0, 0.05) is 10.5 Å². The van der Waals surface area contributed by atoms with E-state index in [2.05, 4.69) is 21.2 Å². The second-order valence-corrected chi connectivity index (χ2v) is 9.33. The van der Waals surface area contributed by atoms with E-state index in [0.29, 0.717) is 16.1 Å². The Morgan fingerprint density at radius 2 is 2.04 bits per heavy atom. The van der Waals surface area contributed by atoms with Crippen molar-refractivity contribution in [3.8, 4) is 0 Å². The normalized spacial score (nSPS) is 26.3. The van der Waals surface area contributed by atoms with E-state index >= 15 is 0 Å². The molecule has 0 saturated heterocycles. The van der Waals surface area contributed by atoms with Gasteiger partial charge in [0.15, 0.2) is 0 Å². The van der Waals surface area contributed by atoms with E-state index < -0.39 is 10.0 Å². The van der Waals surface area contributed by atoms with Crippen LogP contribution in [0.4, 0.5) is 5.69 Å². The maximum absolute atomic E-state index is 12.4. The Morgan fingerprint density at radius 1 is 1.30 bits per heavy atom. The first kappa shape index (κ1) is 16.8. The van der Waals surface area contributed by atoms with Gasteiger partial charge in [-0.05, 0) is 59.2 Å². The molecule has 1 aromatic carbocycles. The minimum atomic E-state index is -3.54. The number of rotatable bonds is 5. The second-order valence-electron chi connectivity index (χ2n) is 6.57. The summed E-state index contributed by atoms with van der Waals surface area (Å²) in [6.07, 6.45) is 5.80. The van der Waals surface area contributed by atoms with Crippen LogP contribution in [0.15, 0.2) is 28.7 Å². The Hall–Kier alpha value is -1.08. The van der Waals surface area contributed by atoms with Gasteiger partial charge in [0.25, 0.3) is 0 Å². The van der Waals surface area contributed by atoms with Gasteiger partial charge in [-0.1, -0.05) is 18.6 Å². The Bertz CT molecular complexity index is 707. The number of halogens is 1. The Labute approximate surface area is 145 Å². The van der Waals surface area contributed by atoms with Crippen molar-refractivity contribution in [1.29, 1.82) is 0 Å². The maximum atomic E-state index is 12.4. The van der Waals surface area contributed by atoms with Crippen molar-refractivity contribution in [3.05, 3.63) is 28.7 Å². The summed E-state index contributed by atoms with van der Waals surface area (Å²) in [5.41, 5.74) is 0.484. The van der Waals surface area contributed by atoms with Crippen molar-refractivity contribution in [2.45, 2.75) is 31.7 Å². The molecule has 0 aliphatic heterocycles. The molecule has 2 saturated carbocycles. The summed E-state index contributed by atoms with van der Waals surface area (Å²) in [7, 11) is -3.54. The Morgan fingerprint density at radius 3 is 2.61 bits per heavy atom. The number of sulfonamides is 1. The molecular weight excluding hydrogens is 380 g/mol. The van der Waals surface area contributed by atoms with Crippen molar-refractivity contribution in [2.75, 3.05) is 17.1 Å². The topological polar surface area (TPSA) is 66.5 Å². The molecule has 23 heavy (non-hydrogen) atoms. The first-order valence-corrected chi connectivity index (χ1v) is 10.5. The third-order valence-electron chi connectivity index (χ3n) is 4.89. The summed E-state index contributed by atoms with van der Waals surface area (Å²) in [5, 5.41) is 3.04. The van der Waals surface area contributed by atoms with Crippen molar-refractivity contribution < 1.29 is 13.2 Å². The average Bonchev–Trinajstić information content (AvgIpc) is 3.07. The van der Waals surface area contributed by atoms with Crippen LogP contribution in [0.2, 0.25) is 0 Å². The summed E-state index contributed by atoms with van der Waals surface area (Å²) in [4.78, 5) is 12.4. The zero-order valence-corrected chi connectivity index (χ0v) is 15.4. The summed E-state index contributed by atoms with van der Waals surface area (Å²) in [5.74, 6) is 1.07. The molecule has 2 aliphatic rings. The average molecular weight is 401 g/mol. The third kappa shape index (κ3) is 3.71. The number of carbonyl (C=O) groups excluding carboxylic acids is 1. The van der Waals surface area contributed by atoms with E-state index in [0.717, 1.165) is 22.9 Å². The Kier molecular flexibility index (Phi) is 4.69. The van der Waals surface area contributed by atoms with Gasteiger partial charge in [-0.25, -0.2) is 8.42 Å². The molecule has 3 rings (SSSR count). The highest BCUT2D eigenvalue weighted by Gasteiger charge is 2.40. The van der Waals surface area contributed by atoms with Crippen LogP contribution in [-0.2, 0) is 14.8 Å². The molecule has 1 amide bonds. The molecule has 2 aliphatic carbocycles. The van der Waals surface area contributed by atoms with Crippen molar-refractivity contribution in [2.24, 2.45) is 11.8 Å². The fourth-order valence-electron chi connectivity index (χ4n) is 3.84. The lowest BCUT2D eigenvalue weighted by Crippen LogP contribution is -2.45. The summed E-state index contributed by atoms with van der Waals surface area (Å²) in [6, 6.07) is 7.23. The quantitative estimate of drug-likeness (QED) is 0.825. The van der Waals surface area contributed by atoms with E-state index in [9.17, 15) is 13.2 Å². The molecule has 0 radical (unpaired) electrons. The molecule has 3 atom stereocenters. The number of anilines is 1. The largest absolute Gasteiger partial charge is 0.352 e. The first-order valence-electron chi connectivity index (χ1n) is 7.86. The van der Waals surface area contributed by atoms with E-state index in [1.165, 1.54) is 19.3 Å². The zero-order valence-electron chi connectivity index (χ0n) is 13.0. The molecule has 0 spiro atoms. The van der Waals surface area contributed by atoms with E-state index in [1.807, 2.05) is 6.07 Å². The van der Waals surface area contributed by atoms with E-state index in [1.54, 1.807) is 18.2 Å². The fourth-order valence-corrected chi connectivity index (χ4v) is 5.32. The van der Waals surface area contributed by atoms with Crippen LogP contribution in [0.1, 0.15) is 25.7 Å². The van der Waals surface area contributed by atoms with Crippen molar-refractivity contribution >= 4 is 37.5 Å². The summed E-state index contributed by atoms with van der Waals surface area (Å²) in [6.45, 7) is -0.185. The Balaban J connectivity index is 1.72. The lowest BCUT2D eigenvalue weighted by atomic mass is 9.95. The SMILES string of the molecule is CS(=O)(=O)N(CC(=O)N[C@H]1C[C@@H]2CC[C@@H]1C2)c1ccccc1Br. The fraction of sp³-hybridized carbons (Fsp3) is 0.562. The van der Waals surface area contributed by atoms with Crippen LogP contribution in [0.3, 0.4) is 0 Å². The highest BCUT2D eigenvalue weighted by Crippen LogP contribution is 2.44. The lowest BCUT2D eigenvalue weighted by molar-refractivity contribution is -0.120. The molecule has 2 bridgehead atoms. The molecule has 1 N–H and O–H groups in total. The molecule has 5 nitrogen and oxygen atoms in total. The standard InChI is InChI=1S/C16H21BrN2O3S/c1-23(21,22)19(15-5-3-2-4-13(15)17)10-16(20)18-14-9-11-6-7-12(14)8-11/h2-5,11-12,14H,6-10H2,1H3,(H,18,20)/t11-,12-,14+/m1/s1. The maximum Gasteiger partial charge on any atom is 0.241 e. The van der Waals surface area contributed by atoms with Crippen LogP contribution in [0.5, 0.6) is 0 Å². The van der Waals surface area contributed by atoms with Crippen LogP contribution in [0.25, 0.3) is 0 Å². The number of amides is 1.